The minimum atomic E-state index is -4.93. The summed E-state index contributed by atoms with van der Waals surface area (Å²) in [4.78, 5) is 11.2. The minimum Gasteiger partial charge on any atom is -0.464 e. The summed E-state index contributed by atoms with van der Waals surface area (Å²) in [6.45, 7) is -0.434. The normalized spacial score (nSPS) is 12.3. The van der Waals surface area contributed by atoms with Gasteiger partial charge in [0, 0.05) is 0 Å². The minimum absolute atomic E-state index is 0.0325. The fraction of sp³-hybridized carbons (Fsp3) is 0.308. The number of halogens is 6. The van der Waals surface area contributed by atoms with Crippen molar-refractivity contribution in [1.82, 2.24) is 15.0 Å². The number of nitrogens with zero attached hydrogens (tertiary/aromatic N) is 3. The van der Waals surface area contributed by atoms with Gasteiger partial charge in [-0.05, 0) is 23.8 Å². The number of alkyl halides is 6. The number of esters is 1. The van der Waals surface area contributed by atoms with Crippen LogP contribution < -0.4 is 0 Å². The third-order valence-electron chi connectivity index (χ3n) is 2.93. The molecule has 0 unspecified atom stereocenters. The lowest BCUT2D eigenvalue weighted by atomic mass is 10.0. The lowest BCUT2D eigenvalue weighted by molar-refractivity contribution is -0.143. The van der Waals surface area contributed by atoms with Crippen LogP contribution in [-0.4, -0.2) is 28.1 Å². The fourth-order valence-corrected chi connectivity index (χ4v) is 1.87. The molecule has 0 N–H and O–H groups in total. The highest BCUT2D eigenvalue weighted by Crippen LogP contribution is 2.36. The van der Waals surface area contributed by atoms with Gasteiger partial charge in [0.2, 0.25) is 0 Å². The molecule has 1 heterocycles. The van der Waals surface area contributed by atoms with Crippen LogP contribution in [0.3, 0.4) is 0 Å². The lowest BCUT2D eigenvalue weighted by Crippen LogP contribution is -2.13. The molecule has 0 saturated carbocycles. The Morgan fingerprint density at radius 1 is 1.08 bits per heavy atom. The van der Waals surface area contributed by atoms with E-state index in [1.807, 2.05) is 0 Å². The van der Waals surface area contributed by atoms with Crippen molar-refractivity contribution in [2.75, 3.05) is 7.11 Å². The molecule has 2 aromatic rings. The molecular formula is C13H9F6N3O2. The van der Waals surface area contributed by atoms with E-state index in [0.717, 1.165) is 18.0 Å². The first-order chi connectivity index (χ1) is 11.0. The molecule has 2 rings (SSSR count). The van der Waals surface area contributed by atoms with Crippen LogP contribution in [0.5, 0.6) is 0 Å². The summed E-state index contributed by atoms with van der Waals surface area (Å²) in [5.41, 5.74) is -3.37. The Kier molecular flexibility index (Phi) is 4.54. The Labute approximate surface area is 130 Å². The maximum atomic E-state index is 12.8. The molecular weight excluding hydrogens is 344 g/mol. The maximum Gasteiger partial charge on any atom is 0.416 e. The van der Waals surface area contributed by atoms with Gasteiger partial charge in [-0.3, -0.25) is 0 Å². The van der Waals surface area contributed by atoms with Gasteiger partial charge in [-0.2, -0.15) is 26.3 Å². The molecule has 5 nitrogen and oxygen atoms in total. The Morgan fingerprint density at radius 3 is 2.08 bits per heavy atom. The van der Waals surface area contributed by atoms with E-state index in [9.17, 15) is 31.1 Å². The van der Waals surface area contributed by atoms with Gasteiger partial charge >= 0.3 is 18.3 Å². The molecule has 1 aromatic heterocycles. The van der Waals surface area contributed by atoms with Crippen LogP contribution in [0, 0.1) is 0 Å². The summed E-state index contributed by atoms with van der Waals surface area (Å²) in [5, 5.41) is 6.89. The third-order valence-corrected chi connectivity index (χ3v) is 2.93. The highest BCUT2D eigenvalue weighted by atomic mass is 19.4. The Bertz CT molecular complexity index is 719. The second-order valence-corrected chi connectivity index (χ2v) is 4.71. The summed E-state index contributed by atoms with van der Waals surface area (Å²) in [6, 6.07) is 1.19. The molecule has 0 amide bonds. The predicted octanol–water partition coefficient (Wildman–Crippen LogP) is 3.15. The molecule has 0 aliphatic heterocycles. The van der Waals surface area contributed by atoms with Crippen LogP contribution in [0.25, 0.3) is 0 Å². The molecule has 24 heavy (non-hydrogen) atoms. The average Bonchev–Trinajstić information content (AvgIpc) is 2.92. The molecule has 0 spiro atoms. The zero-order valence-corrected chi connectivity index (χ0v) is 11.9. The second-order valence-electron chi connectivity index (χ2n) is 4.71. The molecule has 0 bridgehead atoms. The molecule has 0 atom stereocenters. The van der Waals surface area contributed by atoms with Crippen molar-refractivity contribution in [1.29, 1.82) is 0 Å². The summed E-state index contributed by atoms with van der Waals surface area (Å²) in [6.07, 6.45) is -8.82. The molecule has 0 fully saturated rings. The van der Waals surface area contributed by atoms with Gasteiger partial charge in [0.1, 0.15) is 0 Å². The predicted molar refractivity (Wildman–Crippen MR) is 66.9 cm³/mol. The van der Waals surface area contributed by atoms with Gasteiger partial charge in [0.05, 0.1) is 31.0 Å². The van der Waals surface area contributed by atoms with E-state index >= 15 is 0 Å². The number of carbonyl (C=O) groups is 1. The summed E-state index contributed by atoms with van der Waals surface area (Å²) < 4.78 is 81.9. The highest BCUT2D eigenvalue weighted by Gasteiger charge is 2.36. The standard InChI is InChI=1S/C13H9F6N3O2/c1-24-11(23)10-6-22(21-20-10)5-7-2-8(12(14,15)16)4-9(3-7)13(17,18)19/h2-4,6H,5H2,1H3. The van der Waals surface area contributed by atoms with E-state index in [1.54, 1.807) is 0 Å². The average molecular weight is 353 g/mol. The maximum absolute atomic E-state index is 12.8. The number of hydrogen-bond donors (Lipinski definition) is 0. The van der Waals surface area contributed by atoms with Gasteiger partial charge in [0.15, 0.2) is 5.69 Å². The van der Waals surface area contributed by atoms with E-state index in [0.29, 0.717) is 12.1 Å². The van der Waals surface area contributed by atoms with Gasteiger partial charge < -0.3 is 4.74 Å². The van der Waals surface area contributed by atoms with Crippen molar-refractivity contribution in [3.05, 3.63) is 46.8 Å². The van der Waals surface area contributed by atoms with Crippen LogP contribution in [0.4, 0.5) is 26.3 Å². The van der Waals surface area contributed by atoms with Gasteiger partial charge in [-0.25, -0.2) is 9.48 Å². The Balaban J connectivity index is 2.39. The molecule has 0 saturated heterocycles. The van der Waals surface area contributed by atoms with Crippen LogP contribution in [0.2, 0.25) is 0 Å². The fourth-order valence-electron chi connectivity index (χ4n) is 1.87. The monoisotopic (exact) mass is 353 g/mol. The Morgan fingerprint density at radius 2 is 1.62 bits per heavy atom. The summed E-state index contributed by atoms with van der Waals surface area (Å²) in [7, 11) is 1.09. The van der Waals surface area contributed by atoms with Crippen LogP contribution in [0.15, 0.2) is 24.4 Å². The molecule has 1 aromatic carbocycles. The number of carbonyl (C=O) groups excluding carboxylic acids is 1. The van der Waals surface area contributed by atoms with Gasteiger partial charge in [-0.1, -0.05) is 5.21 Å². The van der Waals surface area contributed by atoms with Crippen molar-refractivity contribution < 1.29 is 35.9 Å². The number of hydrogen-bond acceptors (Lipinski definition) is 4. The first-order valence-electron chi connectivity index (χ1n) is 6.27. The topological polar surface area (TPSA) is 57.0 Å². The first kappa shape index (κ1) is 17.8. The smallest absolute Gasteiger partial charge is 0.416 e. The number of benzene rings is 1. The quantitative estimate of drug-likeness (QED) is 0.628. The van der Waals surface area contributed by atoms with E-state index < -0.39 is 36.0 Å². The number of ether oxygens (including phenoxy) is 1. The SMILES string of the molecule is COC(=O)c1cn(Cc2cc(C(F)(F)F)cc(C(F)(F)F)c2)nn1. The van der Waals surface area contributed by atoms with Crippen LogP contribution in [-0.2, 0) is 23.6 Å². The summed E-state index contributed by atoms with van der Waals surface area (Å²) in [5.74, 6) is -0.832. The molecule has 0 radical (unpaired) electrons. The first-order valence-corrected chi connectivity index (χ1v) is 6.27. The lowest BCUT2D eigenvalue weighted by Gasteiger charge is -2.14. The van der Waals surface area contributed by atoms with E-state index in [-0.39, 0.29) is 17.3 Å². The summed E-state index contributed by atoms with van der Waals surface area (Å²) >= 11 is 0. The van der Waals surface area contributed by atoms with Crippen molar-refractivity contribution >= 4 is 5.97 Å². The van der Waals surface area contributed by atoms with Crippen molar-refractivity contribution in [2.24, 2.45) is 0 Å². The number of aromatic nitrogens is 3. The van der Waals surface area contributed by atoms with Gasteiger partial charge in [0.25, 0.3) is 0 Å². The van der Waals surface area contributed by atoms with E-state index in [2.05, 4.69) is 15.0 Å². The highest BCUT2D eigenvalue weighted by molar-refractivity contribution is 5.86. The second kappa shape index (κ2) is 6.13. The zero-order chi connectivity index (χ0) is 18.1. The number of methoxy groups -OCH3 is 1. The van der Waals surface area contributed by atoms with Crippen molar-refractivity contribution in [3.8, 4) is 0 Å². The molecule has 11 heteroatoms. The van der Waals surface area contributed by atoms with Crippen molar-refractivity contribution in [3.63, 3.8) is 0 Å². The van der Waals surface area contributed by atoms with E-state index in [4.69, 9.17) is 0 Å². The molecule has 0 aliphatic carbocycles. The largest absolute Gasteiger partial charge is 0.464 e. The van der Waals surface area contributed by atoms with E-state index in [1.165, 1.54) is 0 Å². The number of rotatable bonds is 3. The molecule has 130 valence electrons. The van der Waals surface area contributed by atoms with Crippen molar-refractivity contribution in [2.45, 2.75) is 18.9 Å². The van der Waals surface area contributed by atoms with Gasteiger partial charge in [-0.15, -0.1) is 5.10 Å². The third kappa shape index (κ3) is 4.03. The van der Waals surface area contributed by atoms with Crippen LogP contribution in [0.1, 0.15) is 27.2 Å². The zero-order valence-electron chi connectivity index (χ0n) is 11.9. The Hall–Kier alpha value is -2.59. The molecule has 0 aliphatic rings. The van der Waals surface area contributed by atoms with Crippen LogP contribution >= 0.6 is 0 Å².